The third-order valence-electron chi connectivity index (χ3n) is 9.71. The van der Waals surface area contributed by atoms with Crippen molar-refractivity contribution in [1.29, 1.82) is 0 Å². The molecule has 0 spiro atoms. The van der Waals surface area contributed by atoms with Crippen LogP contribution in [0.15, 0.2) is 212 Å². The van der Waals surface area contributed by atoms with E-state index in [9.17, 15) is 20.4 Å². The number of aromatic hydroxyl groups is 4. The van der Waals surface area contributed by atoms with Crippen LogP contribution < -0.4 is 0 Å². The van der Waals surface area contributed by atoms with E-state index in [-0.39, 0.29) is 48.8 Å². The second-order valence-corrected chi connectivity index (χ2v) is 14.0. The largest absolute Gasteiger partial charge is 0.507 e. The molecule has 12 rings (SSSR count). The fraction of sp³-hybridized carbons (Fsp3) is 0. The predicted molar refractivity (Wildman–Crippen MR) is 244 cm³/mol. The van der Waals surface area contributed by atoms with Gasteiger partial charge < -0.3 is 38.1 Å². The van der Waals surface area contributed by atoms with E-state index < -0.39 is 0 Å². The molecule has 0 atom stereocenters. The Balaban J connectivity index is 0.000000118. The number of fused-ring (bicyclic) bond motifs is 4. The summed E-state index contributed by atoms with van der Waals surface area (Å²) in [5, 5.41) is 38.8. The number of aromatic nitrogens is 4. The van der Waals surface area contributed by atoms with Crippen LogP contribution in [-0.2, 0) is 25.8 Å². The van der Waals surface area contributed by atoms with Crippen molar-refractivity contribution < 1.29 is 63.9 Å². The first-order chi connectivity index (χ1) is 31.4. The molecule has 8 aromatic carbocycles. The molecule has 0 saturated carbocycles. The fourth-order valence-electron chi connectivity index (χ4n) is 6.57. The first kappa shape index (κ1) is 43.4. The SMILES string of the molecule is Oc1ccccc1-c1nc2ccccc2o1.Oc1ccccc1-c1nc2ccccc2o1.Oc1ccccc1-c1nc2ccccc2o1.Oc1ccccc1-c1nc2ccccc2o1.[Hf]. The Morgan fingerprint density at radius 3 is 0.631 bits per heavy atom. The van der Waals surface area contributed by atoms with Crippen molar-refractivity contribution in [3.63, 3.8) is 0 Å². The van der Waals surface area contributed by atoms with E-state index >= 15 is 0 Å². The van der Waals surface area contributed by atoms with Gasteiger partial charge in [-0.2, -0.15) is 0 Å². The smallest absolute Gasteiger partial charge is 0.231 e. The summed E-state index contributed by atoms with van der Waals surface area (Å²) in [4.78, 5) is 17.3. The Hall–Kier alpha value is -8.29. The molecule has 65 heavy (non-hydrogen) atoms. The molecule has 0 fully saturated rings. The zero-order valence-electron chi connectivity index (χ0n) is 34.2. The van der Waals surface area contributed by atoms with Crippen LogP contribution in [0, 0.1) is 0 Å². The Bertz CT molecular complexity index is 2910. The maximum Gasteiger partial charge on any atom is 0.231 e. The fourth-order valence-corrected chi connectivity index (χ4v) is 6.57. The van der Waals surface area contributed by atoms with Crippen molar-refractivity contribution in [2.24, 2.45) is 0 Å². The predicted octanol–water partition coefficient (Wildman–Crippen LogP) is 12.8. The van der Waals surface area contributed by atoms with Crippen LogP contribution in [-0.4, -0.2) is 40.4 Å². The minimum absolute atomic E-state index is 0. The van der Waals surface area contributed by atoms with E-state index in [1.165, 1.54) is 0 Å². The number of nitrogens with zero attached hydrogens (tertiary/aromatic N) is 4. The van der Waals surface area contributed by atoms with Crippen LogP contribution in [0.25, 0.3) is 90.2 Å². The summed E-state index contributed by atoms with van der Waals surface area (Å²) >= 11 is 0. The van der Waals surface area contributed by atoms with E-state index in [0.29, 0.717) is 45.8 Å². The average Bonchev–Trinajstić information content (AvgIpc) is 4.15. The van der Waals surface area contributed by atoms with Crippen LogP contribution in [0.3, 0.4) is 0 Å². The standard InChI is InChI=1S/4C13H9NO2.Hf/c4*15-11-7-3-1-5-9(11)13-14-10-6-2-4-8-12(10)16-13;/h4*1-8,15H;. The topological polar surface area (TPSA) is 185 Å². The third kappa shape index (κ3) is 9.85. The molecule has 12 aromatic rings. The molecule has 0 radical (unpaired) electrons. The number of phenols is 4. The summed E-state index contributed by atoms with van der Waals surface area (Å²) in [5.41, 5.74) is 8.50. The van der Waals surface area contributed by atoms with E-state index in [1.807, 2.05) is 121 Å². The van der Waals surface area contributed by atoms with Gasteiger partial charge in [-0.25, -0.2) is 19.9 Å². The molecule has 316 valence electrons. The van der Waals surface area contributed by atoms with Gasteiger partial charge in [-0.05, 0) is 97.1 Å². The minimum atomic E-state index is 0. The van der Waals surface area contributed by atoms with E-state index in [1.54, 1.807) is 72.8 Å². The summed E-state index contributed by atoms with van der Waals surface area (Å²) < 4.78 is 22.3. The van der Waals surface area contributed by atoms with Gasteiger partial charge in [0.05, 0.1) is 22.3 Å². The van der Waals surface area contributed by atoms with Crippen molar-refractivity contribution in [3.8, 4) is 68.8 Å². The maximum atomic E-state index is 9.69. The molecule has 0 aliphatic carbocycles. The molecule has 13 heteroatoms. The number of phenolic OH excluding ortho intramolecular Hbond substituents is 4. The second-order valence-electron chi connectivity index (χ2n) is 14.0. The van der Waals surface area contributed by atoms with Gasteiger partial charge >= 0.3 is 0 Å². The zero-order chi connectivity index (χ0) is 43.8. The van der Waals surface area contributed by atoms with Crippen LogP contribution in [0.4, 0.5) is 0 Å². The number of oxazole rings is 4. The number of hydrogen-bond acceptors (Lipinski definition) is 12. The van der Waals surface area contributed by atoms with Crippen LogP contribution in [0.1, 0.15) is 0 Å². The number of para-hydroxylation sites is 12. The molecule has 0 aliphatic rings. The number of hydrogen-bond donors (Lipinski definition) is 4. The molecular formula is C52H36HfN4O8. The van der Waals surface area contributed by atoms with Gasteiger partial charge in [-0.3, -0.25) is 0 Å². The molecule has 0 aliphatic heterocycles. The molecule has 0 bridgehead atoms. The van der Waals surface area contributed by atoms with Gasteiger partial charge in [-0.1, -0.05) is 97.1 Å². The second kappa shape index (κ2) is 19.8. The van der Waals surface area contributed by atoms with Crippen LogP contribution >= 0.6 is 0 Å². The molecule has 12 nitrogen and oxygen atoms in total. The van der Waals surface area contributed by atoms with Gasteiger partial charge in [0, 0.05) is 25.8 Å². The van der Waals surface area contributed by atoms with Crippen LogP contribution in [0.5, 0.6) is 23.0 Å². The molecule has 0 amide bonds. The van der Waals surface area contributed by atoms with Gasteiger partial charge in [0.1, 0.15) is 45.1 Å². The van der Waals surface area contributed by atoms with Crippen molar-refractivity contribution in [1.82, 2.24) is 19.9 Å². The average molecular weight is 1020 g/mol. The quantitative estimate of drug-likeness (QED) is 0.122. The zero-order valence-corrected chi connectivity index (χ0v) is 37.8. The van der Waals surface area contributed by atoms with Crippen molar-refractivity contribution in [2.45, 2.75) is 0 Å². The molecule has 4 aromatic heterocycles. The Kier molecular flexibility index (Phi) is 13.2. The molecule has 4 heterocycles. The summed E-state index contributed by atoms with van der Waals surface area (Å²) in [6.07, 6.45) is 0. The number of rotatable bonds is 4. The van der Waals surface area contributed by atoms with Crippen LogP contribution in [0.2, 0.25) is 0 Å². The van der Waals surface area contributed by atoms with E-state index in [4.69, 9.17) is 17.7 Å². The third-order valence-corrected chi connectivity index (χ3v) is 9.71. The number of benzene rings is 8. The van der Waals surface area contributed by atoms with Gasteiger partial charge in [0.2, 0.25) is 23.6 Å². The molecule has 0 unspecified atom stereocenters. The monoisotopic (exact) mass is 1020 g/mol. The minimum Gasteiger partial charge on any atom is -0.507 e. The Labute approximate surface area is 389 Å². The molecule has 0 saturated heterocycles. The van der Waals surface area contributed by atoms with E-state index in [0.717, 1.165) is 44.4 Å². The summed E-state index contributed by atoms with van der Waals surface area (Å²) in [6, 6.07) is 58.1. The first-order valence-electron chi connectivity index (χ1n) is 19.9. The summed E-state index contributed by atoms with van der Waals surface area (Å²) in [7, 11) is 0. The summed E-state index contributed by atoms with van der Waals surface area (Å²) in [5.74, 6) is 2.48. The normalized spacial score (nSPS) is 10.6. The van der Waals surface area contributed by atoms with Gasteiger partial charge in [-0.15, -0.1) is 0 Å². The first-order valence-corrected chi connectivity index (χ1v) is 19.9. The molecule has 4 N–H and O–H groups in total. The van der Waals surface area contributed by atoms with Crippen molar-refractivity contribution in [3.05, 3.63) is 194 Å². The van der Waals surface area contributed by atoms with Crippen molar-refractivity contribution >= 4 is 44.4 Å². The van der Waals surface area contributed by atoms with Gasteiger partial charge in [0.15, 0.2) is 22.3 Å². The van der Waals surface area contributed by atoms with E-state index in [2.05, 4.69) is 19.9 Å². The molecular weight excluding hydrogens is 987 g/mol. The Morgan fingerprint density at radius 1 is 0.246 bits per heavy atom. The van der Waals surface area contributed by atoms with Gasteiger partial charge in [0.25, 0.3) is 0 Å². The summed E-state index contributed by atoms with van der Waals surface area (Å²) in [6.45, 7) is 0. The van der Waals surface area contributed by atoms with Crippen molar-refractivity contribution in [2.75, 3.05) is 0 Å². The Morgan fingerprint density at radius 2 is 0.431 bits per heavy atom. The maximum absolute atomic E-state index is 9.69.